The van der Waals surface area contributed by atoms with Crippen molar-refractivity contribution in [1.29, 1.82) is 0 Å². The molecule has 1 aliphatic heterocycles. The lowest BCUT2D eigenvalue weighted by Gasteiger charge is -2.26. The fraction of sp³-hybridized carbons (Fsp3) is 0.686. The SMILES string of the molecule is CC.CCC.CCCCCC(=O)c1ccc([C@H]2C(=O)CC(Cl)C2C=CCCCC(=O)OCCN2CCOCC2)cc1.CCl. The fourth-order valence-corrected chi connectivity index (χ4v) is 5.26. The number of morpholine rings is 1. The van der Waals surface area contributed by atoms with Gasteiger partial charge in [-0.1, -0.05) is 90.3 Å². The number of allylic oxidation sites excluding steroid dienone is 2. The Bertz CT molecular complexity index is 900. The molecule has 8 heteroatoms. The minimum atomic E-state index is -0.293. The van der Waals surface area contributed by atoms with Crippen LogP contribution in [0.3, 0.4) is 0 Å². The van der Waals surface area contributed by atoms with Crippen molar-refractivity contribution in [3.8, 4) is 0 Å². The van der Waals surface area contributed by atoms with Crippen molar-refractivity contribution < 1.29 is 23.9 Å². The summed E-state index contributed by atoms with van der Waals surface area (Å²) in [6.45, 7) is 14.8. The summed E-state index contributed by atoms with van der Waals surface area (Å²) in [4.78, 5) is 39.3. The van der Waals surface area contributed by atoms with E-state index in [0.717, 1.165) is 64.1 Å². The van der Waals surface area contributed by atoms with Gasteiger partial charge in [0, 0.05) is 62.1 Å². The number of unbranched alkanes of at least 4 members (excludes halogenated alkanes) is 3. The van der Waals surface area contributed by atoms with Gasteiger partial charge in [-0.05, 0) is 24.8 Å². The first kappa shape index (κ1) is 41.3. The molecule has 1 heterocycles. The van der Waals surface area contributed by atoms with Crippen LogP contribution >= 0.6 is 23.2 Å². The number of ether oxygens (including phenoxy) is 2. The zero-order chi connectivity index (χ0) is 32.5. The van der Waals surface area contributed by atoms with Gasteiger partial charge < -0.3 is 9.47 Å². The first-order valence-corrected chi connectivity index (χ1v) is 17.4. The molecule has 0 N–H and O–H groups in total. The van der Waals surface area contributed by atoms with Crippen LogP contribution in [0.5, 0.6) is 0 Å². The lowest BCUT2D eigenvalue weighted by atomic mass is 9.87. The van der Waals surface area contributed by atoms with E-state index in [1.165, 1.54) is 12.8 Å². The van der Waals surface area contributed by atoms with E-state index in [2.05, 4.69) is 37.3 Å². The quantitative estimate of drug-likeness (QED) is 0.0665. The van der Waals surface area contributed by atoms with Crippen molar-refractivity contribution >= 4 is 40.7 Å². The molecular formula is C35H57Cl2NO5. The van der Waals surface area contributed by atoms with E-state index >= 15 is 0 Å². The van der Waals surface area contributed by atoms with Crippen molar-refractivity contribution in [3.05, 3.63) is 47.5 Å². The van der Waals surface area contributed by atoms with Crippen LogP contribution in [0.4, 0.5) is 0 Å². The molecule has 1 aromatic rings. The molecule has 246 valence electrons. The number of carbonyl (C=O) groups is 3. The van der Waals surface area contributed by atoms with Gasteiger partial charge in [-0.25, -0.2) is 0 Å². The number of esters is 1. The predicted molar refractivity (Wildman–Crippen MR) is 181 cm³/mol. The van der Waals surface area contributed by atoms with Crippen molar-refractivity contribution in [2.75, 3.05) is 45.8 Å². The molecule has 0 aromatic heterocycles. The number of nitrogens with zero attached hydrogens (tertiary/aromatic N) is 1. The number of hydrogen-bond donors (Lipinski definition) is 0. The number of benzene rings is 1. The molecule has 0 amide bonds. The molecule has 43 heavy (non-hydrogen) atoms. The molecule has 1 saturated heterocycles. The fourth-order valence-electron chi connectivity index (χ4n) is 4.88. The van der Waals surface area contributed by atoms with Crippen LogP contribution in [-0.4, -0.2) is 73.7 Å². The van der Waals surface area contributed by atoms with Crippen LogP contribution in [0, 0.1) is 5.92 Å². The smallest absolute Gasteiger partial charge is 0.305 e. The van der Waals surface area contributed by atoms with E-state index < -0.39 is 0 Å². The molecule has 0 bridgehead atoms. The Morgan fingerprint density at radius 3 is 2.23 bits per heavy atom. The van der Waals surface area contributed by atoms with Crippen LogP contribution in [0.25, 0.3) is 0 Å². The summed E-state index contributed by atoms with van der Waals surface area (Å²) < 4.78 is 10.7. The van der Waals surface area contributed by atoms with Crippen LogP contribution < -0.4 is 0 Å². The molecule has 6 nitrogen and oxygen atoms in total. The zero-order valence-corrected chi connectivity index (χ0v) is 29.1. The van der Waals surface area contributed by atoms with E-state index in [4.69, 9.17) is 21.1 Å². The van der Waals surface area contributed by atoms with E-state index in [9.17, 15) is 14.4 Å². The third-order valence-electron chi connectivity index (χ3n) is 7.03. The summed E-state index contributed by atoms with van der Waals surface area (Å²) in [6.07, 6.45) is 12.5. The lowest BCUT2D eigenvalue weighted by Crippen LogP contribution is -2.38. The Balaban J connectivity index is 0.00000232. The lowest BCUT2D eigenvalue weighted by molar-refractivity contribution is -0.144. The van der Waals surface area contributed by atoms with Crippen LogP contribution in [-0.2, 0) is 19.1 Å². The maximum Gasteiger partial charge on any atom is 0.305 e. The Kier molecular flexibility index (Phi) is 25.6. The summed E-state index contributed by atoms with van der Waals surface area (Å²) >= 11 is 11.2. The van der Waals surface area contributed by atoms with Crippen LogP contribution in [0.15, 0.2) is 36.4 Å². The molecular weight excluding hydrogens is 585 g/mol. The molecule has 0 spiro atoms. The largest absolute Gasteiger partial charge is 0.464 e. The minimum Gasteiger partial charge on any atom is -0.464 e. The van der Waals surface area contributed by atoms with E-state index in [1.807, 2.05) is 50.3 Å². The Labute approximate surface area is 271 Å². The Morgan fingerprint density at radius 1 is 1.00 bits per heavy atom. The number of Topliss-reactive ketones (excluding diaryl/α,β-unsaturated/α-hetero) is 2. The average Bonchev–Trinajstić information content (AvgIpc) is 3.32. The number of rotatable bonds is 14. The maximum absolute atomic E-state index is 12.7. The monoisotopic (exact) mass is 641 g/mol. The number of halogens is 2. The molecule has 1 aromatic carbocycles. The topological polar surface area (TPSA) is 72.9 Å². The first-order chi connectivity index (χ1) is 20.9. The highest BCUT2D eigenvalue weighted by Gasteiger charge is 2.40. The Hall–Kier alpha value is -1.73. The van der Waals surface area contributed by atoms with Gasteiger partial charge in [-0.2, -0.15) is 0 Å². The van der Waals surface area contributed by atoms with Gasteiger partial charge in [0.25, 0.3) is 0 Å². The highest BCUT2D eigenvalue weighted by molar-refractivity contribution is 6.23. The highest BCUT2D eigenvalue weighted by atomic mass is 35.5. The zero-order valence-electron chi connectivity index (χ0n) is 27.5. The van der Waals surface area contributed by atoms with Gasteiger partial charge >= 0.3 is 5.97 Å². The number of hydrogen-bond acceptors (Lipinski definition) is 6. The molecule has 2 aliphatic rings. The standard InChI is InChI=1S/C29H40ClNO5.C3H8.C2H6.CH3Cl/c1-2-3-5-9-26(32)22-11-13-23(14-12-22)29-24(25(30)21-27(29)33)8-6-4-7-10-28(34)36-20-17-31-15-18-35-19-16-31;1-3-2;2*1-2/h6,8,11-14,24-25,29H,2-5,7,9-10,15-21H2,1H3;3H2,1-2H3;1-2H3;1H3/t24?,25?,29-;;;/m1.../s1. The second kappa shape index (κ2) is 26.7. The van der Waals surface area contributed by atoms with Crippen LogP contribution in [0.1, 0.15) is 114 Å². The predicted octanol–water partition coefficient (Wildman–Crippen LogP) is 8.63. The summed E-state index contributed by atoms with van der Waals surface area (Å²) in [6, 6.07) is 7.48. The average molecular weight is 643 g/mol. The van der Waals surface area contributed by atoms with Gasteiger partial charge in [0.05, 0.1) is 19.1 Å². The van der Waals surface area contributed by atoms with Crippen molar-refractivity contribution in [2.24, 2.45) is 5.92 Å². The second-order valence-electron chi connectivity index (χ2n) is 10.4. The third-order valence-corrected chi connectivity index (χ3v) is 7.47. The van der Waals surface area contributed by atoms with E-state index in [-0.39, 0.29) is 34.7 Å². The van der Waals surface area contributed by atoms with Gasteiger partial charge in [-0.3, -0.25) is 19.3 Å². The maximum atomic E-state index is 12.7. The number of alkyl halides is 2. The Morgan fingerprint density at radius 2 is 1.63 bits per heavy atom. The molecule has 3 atom stereocenters. The molecule has 1 aliphatic carbocycles. The normalized spacial score (nSPS) is 19.8. The summed E-state index contributed by atoms with van der Waals surface area (Å²) in [7, 11) is 0. The van der Waals surface area contributed by atoms with Crippen molar-refractivity contribution in [1.82, 2.24) is 4.90 Å². The van der Waals surface area contributed by atoms with Crippen molar-refractivity contribution in [2.45, 2.75) is 104 Å². The molecule has 0 radical (unpaired) electrons. The van der Waals surface area contributed by atoms with E-state index in [0.29, 0.717) is 37.9 Å². The molecule has 2 fully saturated rings. The first-order valence-electron chi connectivity index (χ1n) is 16.2. The molecule has 1 saturated carbocycles. The van der Waals surface area contributed by atoms with Gasteiger partial charge in [0.2, 0.25) is 0 Å². The second-order valence-corrected chi connectivity index (χ2v) is 11.0. The number of carbonyl (C=O) groups excluding carboxylic acids is 3. The van der Waals surface area contributed by atoms with Gasteiger partial charge in [0.15, 0.2) is 5.78 Å². The molecule has 2 unspecified atom stereocenters. The highest BCUT2D eigenvalue weighted by Crippen LogP contribution is 2.41. The molecule has 3 rings (SSSR count). The number of ketones is 2. The summed E-state index contributed by atoms with van der Waals surface area (Å²) in [5.41, 5.74) is 1.61. The van der Waals surface area contributed by atoms with Crippen LogP contribution in [0.2, 0.25) is 0 Å². The summed E-state index contributed by atoms with van der Waals surface area (Å²) in [5, 5.41) is -0.251. The third kappa shape index (κ3) is 16.8. The van der Waals surface area contributed by atoms with Gasteiger partial charge in [-0.15, -0.1) is 23.2 Å². The summed E-state index contributed by atoms with van der Waals surface area (Å²) in [5.74, 6) is -0.274. The van der Waals surface area contributed by atoms with E-state index in [1.54, 1.807) is 0 Å². The van der Waals surface area contributed by atoms with Gasteiger partial charge in [0.1, 0.15) is 12.4 Å². The van der Waals surface area contributed by atoms with Crippen molar-refractivity contribution in [3.63, 3.8) is 0 Å². The minimum absolute atomic E-state index is 0.0919.